The van der Waals surface area contributed by atoms with Gasteiger partial charge >= 0.3 is 0 Å². The highest BCUT2D eigenvalue weighted by molar-refractivity contribution is 14.1. The number of hydrogen-bond acceptors (Lipinski definition) is 2. The number of carbonyl (C=O) groups is 1. The van der Waals surface area contributed by atoms with E-state index in [0.29, 0.717) is 11.3 Å². The van der Waals surface area contributed by atoms with Gasteiger partial charge in [0.2, 0.25) is 0 Å². The predicted octanol–water partition coefficient (Wildman–Crippen LogP) is 5.95. The Morgan fingerprint density at radius 2 is 1.48 bits per heavy atom. The first-order chi connectivity index (χ1) is 12.0. The van der Waals surface area contributed by atoms with E-state index >= 15 is 0 Å². The number of halogens is 1. The zero-order valence-corrected chi connectivity index (χ0v) is 16.2. The zero-order valence-electron chi connectivity index (χ0n) is 14.0. The van der Waals surface area contributed by atoms with Crippen molar-refractivity contribution >= 4 is 34.2 Å². The molecule has 0 atom stereocenters. The van der Waals surface area contributed by atoms with Gasteiger partial charge in [-0.15, -0.1) is 0 Å². The fourth-order valence-corrected chi connectivity index (χ4v) is 3.03. The first kappa shape index (κ1) is 17.5. The summed E-state index contributed by atoms with van der Waals surface area (Å²) in [7, 11) is 0. The summed E-state index contributed by atoms with van der Waals surface area (Å²) in [6.07, 6.45) is 0. The van der Waals surface area contributed by atoms with Crippen molar-refractivity contribution in [3.63, 3.8) is 0 Å². The Morgan fingerprint density at radius 1 is 0.880 bits per heavy atom. The summed E-state index contributed by atoms with van der Waals surface area (Å²) in [5, 5.41) is 2.95. The fourth-order valence-electron chi connectivity index (χ4n) is 2.38. The minimum Gasteiger partial charge on any atom is -0.457 e. The smallest absolute Gasteiger partial charge is 0.255 e. The average molecular weight is 443 g/mol. The van der Waals surface area contributed by atoms with Crippen molar-refractivity contribution in [3.8, 4) is 11.5 Å². The molecule has 126 valence electrons. The third-order valence-electron chi connectivity index (χ3n) is 3.81. The normalized spacial score (nSPS) is 10.4. The van der Waals surface area contributed by atoms with Crippen LogP contribution in [-0.4, -0.2) is 5.91 Å². The molecular formula is C21H18INO2. The van der Waals surface area contributed by atoms with E-state index in [9.17, 15) is 4.79 Å². The van der Waals surface area contributed by atoms with E-state index in [0.717, 1.165) is 20.6 Å². The molecule has 3 aromatic rings. The van der Waals surface area contributed by atoms with Gasteiger partial charge in [0.25, 0.3) is 5.91 Å². The van der Waals surface area contributed by atoms with Gasteiger partial charge in [0.15, 0.2) is 0 Å². The number of benzene rings is 3. The lowest BCUT2D eigenvalue weighted by Crippen LogP contribution is -2.12. The number of carbonyl (C=O) groups excluding carboxylic acids is 1. The zero-order chi connectivity index (χ0) is 17.8. The molecule has 1 amide bonds. The largest absolute Gasteiger partial charge is 0.457 e. The first-order valence-corrected chi connectivity index (χ1v) is 9.01. The Bertz CT molecular complexity index is 887. The van der Waals surface area contributed by atoms with Crippen molar-refractivity contribution in [1.29, 1.82) is 0 Å². The second-order valence-corrected chi connectivity index (χ2v) is 7.10. The maximum atomic E-state index is 12.4. The molecule has 0 heterocycles. The second kappa shape index (κ2) is 7.70. The topological polar surface area (TPSA) is 38.3 Å². The molecule has 0 bridgehead atoms. The first-order valence-electron chi connectivity index (χ1n) is 7.93. The summed E-state index contributed by atoms with van der Waals surface area (Å²) in [5.74, 6) is 1.34. The fraction of sp³-hybridized carbons (Fsp3) is 0.0952. The molecule has 0 unspecified atom stereocenters. The van der Waals surface area contributed by atoms with E-state index < -0.39 is 0 Å². The van der Waals surface area contributed by atoms with Crippen LogP contribution in [0.4, 0.5) is 5.69 Å². The second-order valence-electron chi connectivity index (χ2n) is 5.85. The molecule has 3 rings (SSSR count). The van der Waals surface area contributed by atoms with Crippen LogP contribution in [0.1, 0.15) is 21.5 Å². The Labute approximate surface area is 161 Å². The van der Waals surface area contributed by atoms with Crippen LogP contribution in [0.5, 0.6) is 11.5 Å². The molecule has 0 radical (unpaired) electrons. The van der Waals surface area contributed by atoms with Crippen molar-refractivity contribution in [2.45, 2.75) is 13.8 Å². The molecule has 0 aliphatic rings. The lowest BCUT2D eigenvalue weighted by molar-refractivity contribution is 0.102. The van der Waals surface area contributed by atoms with Gasteiger partial charge < -0.3 is 10.1 Å². The maximum Gasteiger partial charge on any atom is 0.255 e. The van der Waals surface area contributed by atoms with Crippen LogP contribution in [-0.2, 0) is 0 Å². The minimum absolute atomic E-state index is 0.133. The van der Waals surface area contributed by atoms with Crippen LogP contribution in [0.3, 0.4) is 0 Å². The van der Waals surface area contributed by atoms with Gasteiger partial charge in [-0.25, -0.2) is 0 Å². The third-order valence-corrected chi connectivity index (χ3v) is 4.48. The number of nitrogens with one attached hydrogen (secondary N) is 1. The van der Waals surface area contributed by atoms with E-state index in [1.807, 2.05) is 56.3 Å². The lowest BCUT2D eigenvalue weighted by atomic mass is 10.1. The molecule has 0 aliphatic carbocycles. The summed E-state index contributed by atoms with van der Waals surface area (Å²) >= 11 is 2.25. The van der Waals surface area contributed by atoms with Gasteiger partial charge in [-0.3, -0.25) is 4.79 Å². The summed E-state index contributed by atoms with van der Waals surface area (Å²) in [6.45, 7) is 4.02. The Hall–Kier alpha value is -2.34. The molecule has 3 nitrogen and oxygen atoms in total. The molecule has 0 saturated heterocycles. The van der Waals surface area contributed by atoms with E-state index in [2.05, 4.69) is 27.9 Å². The summed E-state index contributed by atoms with van der Waals surface area (Å²) in [4.78, 5) is 12.4. The van der Waals surface area contributed by atoms with Crippen molar-refractivity contribution in [3.05, 3.63) is 87.0 Å². The number of aryl methyl sites for hydroxylation is 2. The summed E-state index contributed by atoms with van der Waals surface area (Å²) in [5.41, 5.74) is 3.64. The van der Waals surface area contributed by atoms with Crippen LogP contribution < -0.4 is 10.1 Å². The highest BCUT2D eigenvalue weighted by Gasteiger charge is 2.08. The van der Waals surface area contributed by atoms with Gasteiger partial charge in [0.05, 0.1) is 0 Å². The van der Waals surface area contributed by atoms with Crippen LogP contribution in [0, 0.1) is 17.4 Å². The molecule has 3 aromatic carbocycles. The van der Waals surface area contributed by atoms with Crippen molar-refractivity contribution in [2.24, 2.45) is 0 Å². The number of ether oxygens (including phenoxy) is 1. The van der Waals surface area contributed by atoms with Crippen LogP contribution in [0.15, 0.2) is 66.7 Å². The van der Waals surface area contributed by atoms with E-state index in [-0.39, 0.29) is 5.91 Å². The highest BCUT2D eigenvalue weighted by Crippen LogP contribution is 2.23. The van der Waals surface area contributed by atoms with Crippen LogP contribution >= 0.6 is 22.6 Å². The third kappa shape index (κ3) is 4.60. The van der Waals surface area contributed by atoms with Gasteiger partial charge in [-0.1, -0.05) is 17.7 Å². The van der Waals surface area contributed by atoms with E-state index in [4.69, 9.17) is 4.74 Å². The SMILES string of the molecule is Cc1ccc(Oc2ccc(C(=O)Nc3ccc(I)cc3C)cc2)cc1. The van der Waals surface area contributed by atoms with Gasteiger partial charge in [-0.05, 0) is 96.6 Å². The highest BCUT2D eigenvalue weighted by atomic mass is 127. The number of hydrogen-bond donors (Lipinski definition) is 1. The maximum absolute atomic E-state index is 12.4. The number of amides is 1. The predicted molar refractivity (Wildman–Crippen MR) is 110 cm³/mol. The number of anilines is 1. The molecule has 0 saturated carbocycles. The summed E-state index contributed by atoms with van der Waals surface area (Å²) in [6, 6.07) is 20.9. The lowest BCUT2D eigenvalue weighted by Gasteiger charge is -2.10. The average Bonchev–Trinajstić information content (AvgIpc) is 2.60. The minimum atomic E-state index is -0.133. The Kier molecular flexibility index (Phi) is 5.38. The monoisotopic (exact) mass is 443 g/mol. The van der Waals surface area contributed by atoms with E-state index in [1.54, 1.807) is 24.3 Å². The Balaban J connectivity index is 1.68. The molecule has 1 N–H and O–H groups in total. The number of rotatable bonds is 4. The quantitative estimate of drug-likeness (QED) is 0.506. The van der Waals surface area contributed by atoms with Crippen molar-refractivity contribution in [2.75, 3.05) is 5.32 Å². The van der Waals surface area contributed by atoms with Crippen LogP contribution in [0.25, 0.3) is 0 Å². The van der Waals surface area contributed by atoms with Crippen molar-refractivity contribution in [1.82, 2.24) is 0 Å². The van der Waals surface area contributed by atoms with E-state index in [1.165, 1.54) is 5.56 Å². The van der Waals surface area contributed by atoms with Gasteiger partial charge in [0, 0.05) is 14.8 Å². The van der Waals surface area contributed by atoms with Gasteiger partial charge in [0.1, 0.15) is 11.5 Å². The van der Waals surface area contributed by atoms with Crippen molar-refractivity contribution < 1.29 is 9.53 Å². The molecule has 0 spiro atoms. The molecule has 0 aromatic heterocycles. The summed E-state index contributed by atoms with van der Waals surface area (Å²) < 4.78 is 6.93. The van der Waals surface area contributed by atoms with Gasteiger partial charge in [-0.2, -0.15) is 0 Å². The van der Waals surface area contributed by atoms with Crippen LogP contribution in [0.2, 0.25) is 0 Å². The molecule has 25 heavy (non-hydrogen) atoms. The molecule has 0 fully saturated rings. The molecule has 0 aliphatic heterocycles. The molecular weight excluding hydrogens is 425 g/mol. The Morgan fingerprint density at radius 3 is 2.08 bits per heavy atom. The standard InChI is InChI=1S/C21H18INO2/c1-14-3-8-18(9-4-14)25-19-10-5-16(6-11-19)21(24)23-20-12-7-17(22)13-15(20)2/h3-13H,1-2H3,(H,23,24). The molecule has 4 heteroatoms.